The number of ether oxygens (including phenoxy) is 4. The van der Waals surface area contributed by atoms with E-state index >= 15 is 0 Å². The van der Waals surface area contributed by atoms with Gasteiger partial charge in [-0.2, -0.15) is 0 Å². The monoisotopic (exact) mass is 453 g/mol. The molecule has 0 spiro atoms. The summed E-state index contributed by atoms with van der Waals surface area (Å²) in [4.78, 5) is 24.8. The Morgan fingerprint density at radius 2 is 1.64 bits per heavy atom. The summed E-state index contributed by atoms with van der Waals surface area (Å²) in [7, 11) is 0. The molecule has 0 saturated carbocycles. The fraction of sp³-hybridized carbons (Fsp3) is 0.385. The van der Waals surface area contributed by atoms with E-state index in [9.17, 15) is 9.59 Å². The summed E-state index contributed by atoms with van der Waals surface area (Å²) in [6.07, 6.45) is 0.573. The van der Waals surface area contributed by atoms with Crippen molar-refractivity contribution in [1.29, 1.82) is 0 Å². The summed E-state index contributed by atoms with van der Waals surface area (Å²) >= 11 is 0. The summed E-state index contributed by atoms with van der Waals surface area (Å²) in [5.41, 5.74) is 2.94. The van der Waals surface area contributed by atoms with Crippen LogP contribution in [0, 0.1) is 6.92 Å². The van der Waals surface area contributed by atoms with Crippen LogP contribution in [0.5, 0.6) is 11.5 Å². The van der Waals surface area contributed by atoms with Crippen molar-refractivity contribution in [3.63, 3.8) is 0 Å². The highest BCUT2D eigenvalue weighted by molar-refractivity contribution is 6.07. The van der Waals surface area contributed by atoms with Crippen LogP contribution in [0.25, 0.3) is 16.6 Å². The van der Waals surface area contributed by atoms with Crippen LogP contribution < -0.4 is 9.47 Å². The number of rotatable bonds is 10. The molecule has 7 nitrogen and oxygen atoms in total. The summed E-state index contributed by atoms with van der Waals surface area (Å²) < 4.78 is 23.8. The van der Waals surface area contributed by atoms with E-state index in [1.165, 1.54) is 0 Å². The molecule has 0 fully saturated rings. The Kier molecular flexibility index (Phi) is 7.98. The third kappa shape index (κ3) is 5.48. The molecule has 0 N–H and O–H groups in total. The van der Waals surface area contributed by atoms with Gasteiger partial charge in [0.25, 0.3) is 0 Å². The lowest BCUT2D eigenvalue weighted by Gasteiger charge is -2.12. The standard InChI is InChI=1S/C26H31NO6/c1-6-17(4)33-24(28)16-32-21-13-14-23-22(15-21)25(26(29)31-8-3)18(5)27(23)19-9-11-20(12-10-19)30-7-2/h9-15,17H,6-8,16H2,1-5H3. The second-order valence-electron chi connectivity index (χ2n) is 7.62. The van der Waals surface area contributed by atoms with E-state index in [2.05, 4.69) is 0 Å². The van der Waals surface area contributed by atoms with Gasteiger partial charge in [-0.3, -0.25) is 0 Å². The van der Waals surface area contributed by atoms with Crippen LogP contribution in [-0.4, -0.2) is 42.4 Å². The van der Waals surface area contributed by atoms with Gasteiger partial charge in [-0.15, -0.1) is 0 Å². The van der Waals surface area contributed by atoms with Crippen molar-refractivity contribution in [2.75, 3.05) is 19.8 Å². The Morgan fingerprint density at radius 1 is 0.939 bits per heavy atom. The highest BCUT2D eigenvalue weighted by atomic mass is 16.6. The molecule has 1 heterocycles. The van der Waals surface area contributed by atoms with Gasteiger partial charge >= 0.3 is 11.9 Å². The zero-order valence-electron chi connectivity index (χ0n) is 19.8. The second kappa shape index (κ2) is 10.9. The Hall–Kier alpha value is -3.48. The lowest BCUT2D eigenvalue weighted by atomic mass is 10.1. The van der Waals surface area contributed by atoms with E-state index in [-0.39, 0.29) is 19.3 Å². The fourth-order valence-corrected chi connectivity index (χ4v) is 3.62. The lowest BCUT2D eigenvalue weighted by molar-refractivity contribution is -0.150. The van der Waals surface area contributed by atoms with Crippen molar-refractivity contribution in [1.82, 2.24) is 4.57 Å². The number of benzene rings is 2. The number of esters is 2. The molecule has 2 aromatic carbocycles. The van der Waals surface area contributed by atoms with Crippen LogP contribution >= 0.6 is 0 Å². The van der Waals surface area contributed by atoms with Crippen LogP contribution in [0.2, 0.25) is 0 Å². The summed E-state index contributed by atoms with van der Waals surface area (Å²) in [6, 6.07) is 13.1. The molecular formula is C26H31NO6. The summed E-state index contributed by atoms with van der Waals surface area (Å²) in [5.74, 6) is 0.412. The van der Waals surface area contributed by atoms with E-state index in [4.69, 9.17) is 18.9 Å². The van der Waals surface area contributed by atoms with Crippen molar-refractivity contribution in [3.8, 4) is 17.2 Å². The third-order valence-electron chi connectivity index (χ3n) is 5.33. The number of carbonyl (C=O) groups is 2. The molecule has 176 valence electrons. The van der Waals surface area contributed by atoms with Crippen molar-refractivity contribution >= 4 is 22.8 Å². The minimum Gasteiger partial charge on any atom is -0.494 e. The van der Waals surface area contributed by atoms with E-state index in [0.29, 0.717) is 23.3 Å². The first-order valence-corrected chi connectivity index (χ1v) is 11.3. The maximum absolute atomic E-state index is 12.8. The molecule has 3 aromatic rings. The maximum atomic E-state index is 12.8. The predicted molar refractivity (Wildman–Crippen MR) is 126 cm³/mol. The number of nitrogens with zero attached hydrogens (tertiary/aromatic N) is 1. The fourth-order valence-electron chi connectivity index (χ4n) is 3.62. The maximum Gasteiger partial charge on any atom is 0.344 e. The zero-order chi connectivity index (χ0) is 24.0. The molecule has 0 aliphatic carbocycles. The molecule has 1 unspecified atom stereocenters. The van der Waals surface area contributed by atoms with Gasteiger partial charge in [0.2, 0.25) is 0 Å². The van der Waals surface area contributed by atoms with Crippen LogP contribution in [0.3, 0.4) is 0 Å². The van der Waals surface area contributed by atoms with E-state index < -0.39 is 11.9 Å². The van der Waals surface area contributed by atoms with Crippen LogP contribution in [0.1, 0.15) is 50.2 Å². The predicted octanol–water partition coefficient (Wildman–Crippen LogP) is 5.23. The minimum absolute atomic E-state index is 0.162. The molecule has 0 radical (unpaired) electrons. The number of hydrogen-bond donors (Lipinski definition) is 0. The summed E-state index contributed by atoms with van der Waals surface area (Å²) in [5, 5.41) is 0.688. The average Bonchev–Trinajstić information content (AvgIpc) is 3.09. The highest BCUT2D eigenvalue weighted by Crippen LogP contribution is 2.33. The molecular weight excluding hydrogens is 422 g/mol. The molecule has 33 heavy (non-hydrogen) atoms. The van der Waals surface area contributed by atoms with Crippen molar-refractivity contribution < 1.29 is 28.5 Å². The van der Waals surface area contributed by atoms with Gasteiger partial charge in [0.1, 0.15) is 11.5 Å². The van der Waals surface area contributed by atoms with Crippen LogP contribution in [0.4, 0.5) is 0 Å². The van der Waals surface area contributed by atoms with E-state index in [1.807, 2.05) is 62.6 Å². The van der Waals surface area contributed by atoms with Crippen molar-refractivity contribution in [3.05, 3.63) is 53.7 Å². The van der Waals surface area contributed by atoms with Gasteiger partial charge < -0.3 is 23.5 Å². The zero-order valence-corrected chi connectivity index (χ0v) is 19.8. The molecule has 0 saturated heterocycles. The molecule has 7 heteroatoms. The number of aromatic nitrogens is 1. The first-order chi connectivity index (χ1) is 15.9. The first kappa shape index (κ1) is 24.2. The van der Waals surface area contributed by atoms with Gasteiger partial charge in [-0.25, -0.2) is 9.59 Å². The first-order valence-electron chi connectivity index (χ1n) is 11.3. The largest absolute Gasteiger partial charge is 0.494 e. The molecule has 0 aliphatic heterocycles. The Morgan fingerprint density at radius 3 is 2.27 bits per heavy atom. The normalized spacial score (nSPS) is 11.8. The topological polar surface area (TPSA) is 76.0 Å². The van der Waals surface area contributed by atoms with Crippen molar-refractivity contribution in [2.45, 2.75) is 47.1 Å². The number of carbonyl (C=O) groups excluding carboxylic acids is 2. The van der Waals surface area contributed by atoms with Crippen LogP contribution in [-0.2, 0) is 14.3 Å². The number of fused-ring (bicyclic) bond motifs is 1. The van der Waals surface area contributed by atoms with Crippen LogP contribution in [0.15, 0.2) is 42.5 Å². The molecule has 0 amide bonds. The highest BCUT2D eigenvalue weighted by Gasteiger charge is 2.22. The third-order valence-corrected chi connectivity index (χ3v) is 5.33. The quantitative estimate of drug-likeness (QED) is 0.391. The smallest absolute Gasteiger partial charge is 0.344 e. The molecule has 0 aliphatic rings. The Bertz CT molecular complexity index is 1120. The summed E-state index contributed by atoms with van der Waals surface area (Å²) in [6.45, 7) is 10.0. The van der Waals surface area contributed by atoms with Gasteiger partial charge in [-0.05, 0) is 76.6 Å². The van der Waals surface area contributed by atoms with E-state index in [1.54, 1.807) is 19.1 Å². The Labute approximate surface area is 194 Å². The second-order valence-corrected chi connectivity index (χ2v) is 7.62. The molecule has 1 aromatic heterocycles. The van der Waals surface area contributed by atoms with E-state index in [0.717, 1.165) is 29.1 Å². The van der Waals surface area contributed by atoms with Gasteiger partial charge in [0.05, 0.1) is 30.4 Å². The van der Waals surface area contributed by atoms with Crippen molar-refractivity contribution in [2.24, 2.45) is 0 Å². The van der Waals surface area contributed by atoms with Gasteiger partial charge in [0, 0.05) is 16.8 Å². The van der Waals surface area contributed by atoms with Gasteiger partial charge in [-0.1, -0.05) is 6.92 Å². The SMILES string of the molecule is CCOC(=O)c1c(C)n(-c2ccc(OCC)cc2)c2ccc(OCC(=O)OC(C)CC)cc12. The minimum atomic E-state index is -0.432. The lowest BCUT2D eigenvalue weighted by Crippen LogP contribution is -2.20. The average molecular weight is 454 g/mol. The molecule has 0 bridgehead atoms. The van der Waals surface area contributed by atoms with Gasteiger partial charge in [0.15, 0.2) is 6.61 Å². The number of hydrogen-bond acceptors (Lipinski definition) is 6. The molecule has 1 atom stereocenters. The Balaban J connectivity index is 2.00. The molecule has 3 rings (SSSR count).